The average molecular weight is 310 g/mol. The van der Waals surface area contributed by atoms with Crippen molar-refractivity contribution < 1.29 is 9.18 Å². The summed E-state index contributed by atoms with van der Waals surface area (Å²) in [6.45, 7) is 3.34. The number of hydrogen-bond donors (Lipinski definition) is 1. The van der Waals surface area contributed by atoms with E-state index >= 15 is 0 Å². The van der Waals surface area contributed by atoms with E-state index < -0.39 is 0 Å². The second-order valence-corrected chi connectivity index (χ2v) is 6.70. The number of pyridine rings is 1. The van der Waals surface area contributed by atoms with Crippen LogP contribution in [0.3, 0.4) is 0 Å². The monoisotopic (exact) mass is 310 g/mol. The first-order valence-corrected chi connectivity index (χ1v) is 8.11. The standard InChI is InChI=1S/C19H19FN2O/c1-10-7-14(5-6-15(10)20)22-16-9-21-19(11(2)23)18-13-4-3-12(8-13)17(16)18/h5-7,9,12-13,22H,3-4,8H2,1-2H3. The lowest BCUT2D eigenvalue weighted by molar-refractivity contribution is 0.101. The highest BCUT2D eigenvalue weighted by atomic mass is 19.1. The molecule has 118 valence electrons. The highest BCUT2D eigenvalue weighted by molar-refractivity contribution is 5.95. The Morgan fingerprint density at radius 1 is 1.26 bits per heavy atom. The molecule has 1 aromatic carbocycles. The van der Waals surface area contributed by atoms with Gasteiger partial charge in [-0.3, -0.25) is 9.78 Å². The third-order valence-electron chi connectivity index (χ3n) is 5.18. The van der Waals surface area contributed by atoms with Crippen LogP contribution in [0.5, 0.6) is 0 Å². The van der Waals surface area contributed by atoms with Crippen LogP contribution in [-0.4, -0.2) is 10.8 Å². The second-order valence-electron chi connectivity index (χ2n) is 6.70. The molecule has 1 aromatic heterocycles. The van der Waals surface area contributed by atoms with Gasteiger partial charge in [0.1, 0.15) is 11.5 Å². The Kier molecular flexibility index (Phi) is 3.22. The van der Waals surface area contributed by atoms with Crippen molar-refractivity contribution in [3.63, 3.8) is 0 Å². The quantitative estimate of drug-likeness (QED) is 0.825. The third-order valence-corrected chi connectivity index (χ3v) is 5.18. The van der Waals surface area contributed by atoms with E-state index in [-0.39, 0.29) is 11.6 Å². The first-order valence-electron chi connectivity index (χ1n) is 8.11. The zero-order valence-corrected chi connectivity index (χ0v) is 13.3. The second kappa shape index (κ2) is 5.15. The molecule has 1 heterocycles. The van der Waals surface area contributed by atoms with Crippen LogP contribution < -0.4 is 5.32 Å². The van der Waals surface area contributed by atoms with Crippen LogP contribution in [0.25, 0.3) is 0 Å². The van der Waals surface area contributed by atoms with Crippen molar-refractivity contribution in [2.24, 2.45) is 0 Å². The predicted octanol–water partition coefficient (Wildman–Crippen LogP) is 4.84. The summed E-state index contributed by atoms with van der Waals surface area (Å²) in [4.78, 5) is 16.3. The van der Waals surface area contributed by atoms with E-state index in [4.69, 9.17) is 0 Å². The van der Waals surface area contributed by atoms with Gasteiger partial charge in [0.15, 0.2) is 5.78 Å². The van der Waals surface area contributed by atoms with Gasteiger partial charge in [-0.15, -0.1) is 0 Å². The van der Waals surface area contributed by atoms with Crippen LogP contribution in [0.4, 0.5) is 15.8 Å². The first-order chi connectivity index (χ1) is 11.0. The van der Waals surface area contributed by atoms with Gasteiger partial charge in [-0.2, -0.15) is 0 Å². The molecule has 23 heavy (non-hydrogen) atoms. The molecule has 0 spiro atoms. The Morgan fingerprint density at radius 3 is 2.70 bits per heavy atom. The summed E-state index contributed by atoms with van der Waals surface area (Å²) >= 11 is 0. The molecule has 1 fully saturated rings. The number of halogens is 1. The maximum absolute atomic E-state index is 13.4. The first kappa shape index (κ1) is 14.4. The van der Waals surface area contributed by atoms with Gasteiger partial charge in [-0.25, -0.2) is 4.39 Å². The van der Waals surface area contributed by atoms with Gasteiger partial charge in [-0.1, -0.05) is 0 Å². The Morgan fingerprint density at radius 2 is 2.00 bits per heavy atom. The van der Waals surface area contributed by atoms with Crippen LogP contribution in [-0.2, 0) is 0 Å². The Hall–Kier alpha value is -2.23. The number of benzene rings is 1. The lowest BCUT2D eigenvalue weighted by atomic mass is 9.89. The van der Waals surface area contributed by atoms with Gasteiger partial charge in [0.25, 0.3) is 0 Å². The van der Waals surface area contributed by atoms with Crippen LogP contribution in [0.15, 0.2) is 24.4 Å². The molecule has 4 rings (SSSR count). The summed E-state index contributed by atoms with van der Waals surface area (Å²) < 4.78 is 13.4. The van der Waals surface area contributed by atoms with Crippen molar-refractivity contribution >= 4 is 17.2 Å². The van der Waals surface area contributed by atoms with Crippen molar-refractivity contribution in [1.29, 1.82) is 0 Å². The van der Waals surface area contributed by atoms with Gasteiger partial charge in [0.2, 0.25) is 0 Å². The maximum atomic E-state index is 13.4. The van der Waals surface area contributed by atoms with Crippen molar-refractivity contribution in [3.05, 3.63) is 52.6 Å². The molecule has 2 aliphatic carbocycles. The maximum Gasteiger partial charge on any atom is 0.178 e. The van der Waals surface area contributed by atoms with Crippen molar-refractivity contribution in [2.45, 2.75) is 44.9 Å². The molecule has 2 atom stereocenters. The number of carbonyl (C=O) groups is 1. The van der Waals surface area contributed by atoms with Gasteiger partial charge in [0, 0.05) is 12.6 Å². The van der Waals surface area contributed by atoms with Crippen LogP contribution in [0.2, 0.25) is 0 Å². The number of aryl methyl sites for hydroxylation is 1. The highest BCUT2D eigenvalue weighted by Gasteiger charge is 2.41. The number of rotatable bonds is 3. The van der Waals surface area contributed by atoms with E-state index in [0.717, 1.165) is 29.8 Å². The van der Waals surface area contributed by atoms with Gasteiger partial charge in [0.05, 0.1) is 11.9 Å². The number of aromatic nitrogens is 1. The predicted molar refractivity (Wildman–Crippen MR) is 88.0 cm³/mol. The van der Waals surface area contributed by atoms with Gasteiger partial charge in [-0.05, 0) is 72.9 Å². The molecule has 2 unspecified atom stereocenters. The minimum absolute atomic E-state index is 0.0398. The van der Waals surface area contributed by atoms with Crippen molar-refractivity contribution in [3.8, 4) is 0 Å². The Bertz CT molecular complexity index is 815. The fraction of sp³-hybridized carbons (Fsp3) is 0.368. The number of hydrogen-bond acceptors (Lipinski definition) is 3. The molecular weight excluding hydrogens is 291 g/mol. The molecule has 4 heteroatoms. The molecule has 2 bridgehead atoms. The lowest BCUT2D eigenvalue weighted by Crippen LogP contribution is -2.11. The molecule has 2 aromatic rings. The topological polar surface area (TPSA) is 42.0 Å². The molecule has 0 aliphatic heterocycles. The molecule has 1 saturated carbocycles. The van der Waals surface area contributed by atoms with E-state index in [1.807, 2.05) is 0 Å². The lowest BCUT2D eigenvalue weighted by Gasteiger charge is -2.21. The number of anilines is 2. The zero-order chi connectivity index (χ0) is 16.1. The molecule has 0 radical (unpaired) electrons. The molecule has 0 saturated heterocycles. The minimum Gasteiger partial charge on any atom is -0.354 e. The summed E-state index contributed by atoms with van der Waals surface area (Å²) in [6, 6.07) is 5.01. The van der Waals surface area contributed by atoms with Crippen LogP contribution in [0.1, 0.15) is 65.2 Å². The summed E-state index contributed by atoms with van der Waals surface area (Å²) in [5.74, 6) is 0.820. The van der Waals surface area contributed by atoms with Crippen LogP contribution in [0, 0.1) is 12.7 Å². The van der Waals surface area contributed by atoms with E-state index in [9.17, 15) is 9.18 Å². The minimum atomic E-state index is -0.204. The molecular formula is C19H19FN2O. The third kappa shape index (κ3) is 2.24. The smallest absolute Gasteiger partial charge is 0.178 e. The van der Waals surface area contributed by atoms with Crippen LogP contribution >= 0.6 is 0 Å². The van der Waals surface area contributed by atoms with E-state index in [0.29, 0.717) is 23.1 Å². The number of fused-ring (bicyclic) bond motifs is 5. The number of carbonyl (C=O) groups excluding carboxylic acids is 1. The number of nitrogens with zero attached hydrogens (tertiary/aromatic N) is 1. The van der Waals surface area contributed by atoms with Crippen molar-refractivity contribution in [2.75, 3.05) is 5.32 Å². The normalized spacial score (nSPS) is 21.3. The molecule has 0 amide bonds. The Labute approximate surface area is 134 Å². The molecule has 3 nitrogen and oxygen atoms in total. The number of Topliss-reactive ketones (excluding diaryl/α,β-unsaturated/α-hetero) is 1. The SMILES string of the molecule is CC(=O)c1ncc(Nc2ccc(F)c(C)c2)c2c1C1CCC2C1. The average Bonchev–Trinajstić information content (AvgIpc) is 3.13. The largest absolute Gasteiger partial charge is 0.354 e. The van der Waals surface area contributed by atoms with Gasteiger partial charge >= 0.3 is 0 Å². The fourth-order valence-electron chi connectivity index (χ4n) is 4.16. The summed E-state index contributed by atoms with van der Waals surface area (Å²) in [5.41, 5.74) is 5.46. The summed E-state index contributed by atoms with van der Waals surface area (Å²) in [7, 11) is 0. The highest BCUT2D eigenvalue weighted by Crippen LogP contribution is 2.56. The zero-order valence-electron chi connectivity index (χ0n) is 13.3. The van der Waals surface area contributed by atoms with Gasteiger partial charge < -0.3 is 5.32 Å². The molecule has 2 aliphatic rings. The molecule has 1 N–H and O–H groups in total. The summed E-state index contributed by atoms with van der Waals surface area (Å²) in [6.07, 6.45) is 5.21. The number of nitrogens with one attached hydrogen (secondary N) is 1. The summed E-state index contributed by atoms with van der Waals surface area (Å²) in [5, 5.41) is 3.38. The van der Waals surface area contributed by atoms with E-state index in [1.165, 1.54) is 18.1 Å². The van der Waals surface area contributed by atoms with E-state index in [1.54, 1.807) is 32.2 Å². The fourth-order valence-corrected chi connectivity index (χ4v) is 4.16. The van der Waals surface area contributed by atoms with Crippen molar-refractivity contribution in [1.82, 2.24) is 4.98 Å². The number of ketones is 1. The van der Waals surface area contributed by atoms with E-state index in [2.05, 4.69) is 10.3 Å². The Balaban J connectivity index is 1.78.